The standard InChI is InChI=1S/C15H18N2O3/c1-4-12(18)10-5-7-11(8-6-10)17-9-13(19)16-14(20)15(17,2)3/h5-8H,4,9H2,1-3H3,(H,16,19,20). The average Bonchev–Trinajstić information content (AvgIpc) is 2.42. The third-order valence-electron chi connectivity index (χ3n) is 3.61. The number of imide groups is 1. The van der Waals surface area contributed by atoms with Gasteiger partial charge in [0.15, 0.2) is 5.78 Å². The minimum absolute atomic E-state index is 0.0725. The second-order valence-corrected chi connectivity index (χ2v) is 5.35. The first-order valence-corrected chi connectivity index (χ1v) is 6.61. The molecule has 5 heteroatoms. The summed E-state index contributed by atoms with van der Waals surface area (Å²) in [5, 5.41) is 2.33. The Bertz CT molecular complexity index is 561. The fraction of sp³-hybridized carbons (Fsp3) is 0.400. The Hall–Kier alpha value is -2.17. The molecule has 106 valence electrons. The number of carbonyl (C=O) groups is 3. The first kappa shape index (κ1) is 14.2. The van der Waals surface area contributed by atoms with Crippen molar-refractivity contribution in [3.63, 3.8) is 0 Å². The summed E-state index contributed by atoms with van der Waals surface area (Å²) in [4.78, 5) is 36.8. The van der Waals surface area contributed by atoms with Crippen molar-refractivity contribution in [2.45, 2.75) is 32.7 Å². The third kappa shape index (κ3) is 2.43. The predicted octanol–water partition coefficient (Wildman–Crippen LogP) is 1.52. The zero-order chi connectivity index (χ0) is 14.9. The fourth-order valence-electron chi connectivity index (χ4n) is 2.23. The first-order valence-electron chi connectivity index (χ1n) is 6.61. The maximum atomic E-state index is 11.9. The molecule has 0 unspecified atom stereocenters. The van der Waals surface area contributed by atoms with E-state index in [4.69, 9.17) is 0 Å². The molecule has 0 aliphatic carbocycles. The van der Waals surface area contributed by atoms with Gasteiger partial charge in [-0.3, -0.25) is 19.7 Å². The van der Waals surface area contributed by atoms with Crippen LogP contribution in [0.5, 0.6) is 0 Å². The van der Waals surface area contributed by atoms with Crippen LogP contribution in [0.25, 0.3) is 0 Å². The Morgan fingerprint density at radius 1 is 1.25 bits per heavy atom. The second kappa shape index (κ2) is 5.07. The van der Waals surface area contributed by atoms with Crippen molar-refractivity contribution in [2.24, 2.45) is 0 Å². The van der Waals surface area contributed by atoms with Crippen molar-refractivity contribution in [3.05, 3.63) is 29.8 Å². The number of rotatable bonds is 3. The number of hydrogen-bond acceptors (Lipinski definition) is 4. The molecule has 5 nitrogen and oxygen atoms in total. The van der Waals surface area contributed by atoms with E-state index in [9.17, 15) is 14.4 Å². The number of anilines is 1. The van der Waals surface area contributed by atoms with Gasteiger partial charge in [-0.2, -0.15) is 0 Å². The summed E-state index contributed by atoms with van der Waals surface area (Å²) in [6.45, 7) is 5.46. The molecule has 0 bridgehead atoms. The van der Waals surface area contributed by atoms with Crippen molar-refractivity contribution in [1.82, 2.24) is 5.32 Å². The lowest BCUT2D eigenvalue weighted by Gasteiger charge is -2.41. The Morgan fingerprint density at radius 2 is 1.85 bits per heavy atom. The van der Waals surface area contributed by atoms with Crippen molar-refractivity contribution in [2.75, 3.05) is 11.4 Å². The van der Waals surface area contributed by atoms with E-state index in [0.717, 1.165) is 5.69 Å². The van der Waals surface area contributed by atoms with Gasteiger partial charge < -0.3 is 4.90 Å². The van der Waals surface area contributed by atoms with Crippen LogP contribution in [0, 0.1) is 0 Å². The monoisotopic (exact) mass is 274 g/mol. The molecule has 1 aliphatic heterocycles. The van der Waals surface area contributed by atoms with Crippen molar-refractivity contribution >= 4 is 23.3 Å². The highest BCUT2D eigenvalue weighted by Crippen LogP contribution is 2.26. The largest absolute Gasteiger partial charge is 0.348 e. The van der Waals surface area contributed by atoms with Gasteiger partial charge in [0, 0.05) is 17.7 Å². The minimum Gasteiger partial charge on any atom is -0.348 e. The quantitative estimate of drug-likeness (QED) is 0.670. The first-order chi connectivity index (χ1) is 9.36. The number of Topliss-reactive ketones (excluding diaryl/α,β-unsaturated/α-hetero) is 1. The van der Waals surface area contributed by atoms with Crippen LogP contribution in [-0.2, 0) is 9.59 Å². The van der Waals surface area contributed by atoms with Crippen molar-refractivity contribution in [3.8, 4) is 0 Å². The molecule has 1 aromatic carbocycles. The Balaban J connectivity index is 2.32. The van der Waals surface area contributed by atoms with Gasteiger partial charge in [0.25, 0.3) is 5.91 Å². The molecule has 0 radical (unpaired) electrons. The minimum atomic E-state index is -0.801. The van der Waals surface area contributed by atoms with E-state index >= 15 is 0 Å². The summed E-state index contributed by atoms with van der Waals surface area (Å²) in [6.07, 6.45) is 0.454. The normalized spacial score (nSPS) is 17.9. The van der Waals surface area contributed by atoms with Crippen molar-refractivity contribution < 1.29 is 14.4 Å². The van der Waals surface area contributed by atoms with Gasteiger partial charge in [-0.15, -0.1) is 0 Å². The van der Waals surface area contributed by atoms with Gasteiger partial charge in [0.2, 0.25) is 5.91 Å². The number of amides is 2. The zero-order valence-corrected chi connectivity index (χ0v) is 11.9. The molecular weight excluding hydrogens is 256 g/mol. The van der Waals surface area contributed by atoms with Gasteiger partial charge in [-0.1, -0.05) is 6.92 Å². The van der Waals surface area contributed by atoms with Gasteiger partial charge in [0.05, 0.1) is 6.54 Å². The van der Waals surface area contributed by atoms with Crippen molar-refractivity contribution in [1.29, 1.82) is 0 Å². The summed E-state index contributed by atoms with van der Waals surface area (Å²) < 4.78 is 0. The van der Waals surface area contributed by atoms with Crippen LogP contribution in [0.4, 0.5) is 5.69 Å². The number of benzene rings is 1. The van der Waals surface area contributed by atoms with Gasteiger partial charge in [0.1, 0.15) is 5.54 Å². The number of nitrogens with one attached hydrogen (secondary N) is 1. The van der Waals surface area contributed by atoms with E-state index in [-0.39, 0.29) is 24.1 Å². The molecule has 0 saturated carbocycles. The maximum absolute atomic E-state index is 11.9. The van der Waals surface area contributed by atoms with E-state index in [1.807, 2.05) is 6.92 Å². The average molecular weight is 274 g/mol. The Kier molecular flexibility index (Phi) is 3.61. The summed E-state index contributed by atoms with van der Waals surface area (Å²) in [6, 6.07) is 7.01. The van der Waals surface area contributed by atoms with Crippen LogP contribution in [0.3, 0.4) is 0 Å². The Labute approximate surface area is 118 Å². The summed E-state index contributed by atoms with van der Waals surface area (Å²) in [5.74, 6) is -0.561. The van der Waals surface area contributed by atoms with Crippen LogP contribution in [-0.4, -0.2) is 29.7 Å². The van der Waals surface area contributed by atoms with Gasteiger partial charge in [-0.25, -0.2) is 0 Å². The highest BCUT2D eigenvalue weighted by molar-refractivity contribution is 6.06. The highest BCUT2D eigenvalue weighted by atomic mass is 16.2. The van der Waals surface area contributed by atoms with Crippen LogP contribution < -0.4 is 10.2 Å². The van der Waals surface area contributed by atoms with E-state index in [0.29, 0.717) is 12.0 Å². The molecule has 1 aromatic rings. The maximum Gasteiger partial charge on any atom is 0.251 e. The lowest BCUT2D eigenvalue weighted by Crippen LogP contribution is -2.64. The van der Waals surface area contributed by atoms with E-state index in [2.05, 4.69) is 5.32 Å². The lowest BCUT2D eigenvalue weighted by molar-refractivity contribution is -0.135. The van der Waals surface area contributed by atoms with Crippen LogP contribution in [0.1, 0.15) is 37.6 Å². The molecule has 0 spiro atoms. The summed E-state index contributed by atoms with van der Waals surface area (Å²) >= 11 is 0. The molecular formula is C15H18N2O3. The Morgan fingerprint density at radius 3 is 2.40 bits per heavy atom. The van der Waals surface area contributed by atoms with Gasteiger partial charge in [-0.05, 0) is 38.1 Å². The molecule has 0 aromatic heterocycles. The van der Waals surface area contributed by atoms with Crippen LogP contribution >= 0.6 is 0 Å². The van der Waals surface area contributed by atoms with E-state index in [1.54, 1.807) is 43.0 Å². The molecule has 1 fully saturated rings. The SMILES string of the molecule is CCC(=O)c1ccc(N2CC(=O)NC(=O)C2(C)C)cc1. The van der Waals surface area contributed by atoms with Crippen LogP contribution in [0.2, 0.25) is 0 Å². The smallest absolute Gasteiger partial charge is 0.251 e. The topological polar surface area (TPSA) is 66.5 Å². The predicted molar refractivity (Wildman–Crippen MR) is 75.6 cm³/mol. The molecule has 1 heterocycles. The number of hydrogen-bond donors (Lipinski definition) is 1. The lowest BCUT2D eigenvalue weighted by atomic mass is 9.97. The summed E-state index contributed by atoms with van der Waals surface area (Å²) in [5.41, 5.74) is 0.595. The number of ketones is 1. The molecule has 20 heavy (non-hydrogen) atoms. The molecule has 2 amide bonds. The van der Waals surface area contributed by atoms with Crippen LogP contribution in [0.15, 0.2) is 24.3 Å². The highest BCUT2D eigenvalue weighted by Gasteiger charge is 2.40. The summed E-state index contributed by atoms with van der Waals surface area (Å²) in [7, 11) is 0. The fourth-order valence-corrected chi connectivity index (χ4v) is 2.23. The third-order valence-corrected chi connectivity index (χ3v) is 3.61. The number of piperazine rings is 1. The number of nitrogens with zero attached hydrogens (tertiary/aromatic N) is 1. The zero-order valence-electron chi connectivity index (χ0n) is 11.9. The second-order valence-electron chi connectivity index (χ2n) is 5.35. The molecule has 2 rings (SSSR count). The number of carbonyl (C=O) groups excluding carboxylic acids is 3. The molecule has 0 atom stereocenters. The van der Waals surface area contributed by atoms with E-state index in [1.165, 1.54) is 0 Å². The van der Waals surface area contributed by atoms with Gasteiger partial charge >= 0.3 is 0 Å². The molecule has 1 aliphatic rings. The molecule has 1 N–H and O–H groups in total. The molecule has 1 saturated heterocycles. The van der Waals surface area contributed by atoms with E-state index < -0.39 is 5.54 Å².